The zero-order valence-electron chi connectivity index (χ0n) is 9.36. The van der Waals surface area contributed by atoms with Gasteiger partial charge in [-0.2, -0.15) is 0 Å². The number of rotatable bonds is 3. The zero-order valence-corrected chi connectivity index (χ0v) is 10.2. The fraction of sp³-hybridized carbons (Fsp3) is 0.455. The Hall–Kier alpha value is -1.16. The van der Waals surface area contributed by atoms with Crippen LogP contribution in [0.15, 0.2) is 23.5 Å². The van der Waals surface area contributed by atoms with Crippen molar-refractivity contribution < 1.29 is 4.79 Å². The summed E-state index contributed by atoms with van der Waals surface area (Å²) >= 11 is 1.43. The highest BCUT2D eigenvalue weighted by atomic mass is 32.1. The van der Waals surface area contributed by atoms with Gasteiger partial charge in [0, 0.05) is 17.5 Å². The number of carbonyl (C=O) groups is 1. The van der Waals surface area contributed by atoms with E-state index >= 15 is 0 Å². The Morgan fingerprint density at radius 3 is 2.73 bits per heavy atom. The highest BCUT2D eigenvalue weighted by molar-refractivity contribution is 7.07. The highest BCUT2D eigenvalue weighted by Gasteiger charge is 2.27. The van der Waals surface area contributed by atoms with Crippen LogP contribution in [-0.4, -0.2) is 27.9 Å². The predicted molar refractivity (Wildman–Crippen MR) is 63.1 cm³/mol. The summed E-state index contributed by atoms with van der Waals surface area (Å²) in [5.74, 6) is -0.0383. The Morgan fingerprint density at radius 1 is 1.67 bits per heavy atom. The van der Waals surface area contributed by atoms with Crippen molar-refractivity contribution in [3.05, 3.63) is 29.2 Å². The first-order valence-electron chi connectivity index (χ1n) is 4.78. The van der Waals surface area contributed by atoms with Crippen LogP contribution in [0.4, 0.5) is 0 Å². The fourth-order valence-corrected chi connectivity index (χ4v) is 1.77. The number of thiazole rings is 1. The number of hydrogen-bond donors (Lipinski definition) is 0. The molecule has 0 unspecified atom stereocenters. The number of carbonyl (C=O) groups excluding carboxylic acids is 1. The second-order valence-corrected chi connectivity index (χ2v) is 4.97. The molecule has 0 saturated carbocycles. The van der Waals surface area contributed by atoms with Gasteiger partial charge >= 0.3 is 0 Å². The minimum atomic E-state index is -0.213. The summed E-state index contributed by atoms with van der Waals surface area (Å²) in [4.78, 5) is 17.8. The summed E-state index contributed by atoms with van der Waals surface area (Å²) < 4.78 is 0. The summed E-state index contributed by atoms with van der Waals surface area (Å²) in [5.41, 5.74) is 1.97. The molecule has 1 heterocycles. The molecule has 0 aliphatic carbocycles. The van der Waals surface area contributed by atoms with Crippen LogP contribution >= 0.6 is 11.3 Å². The minimum absolute atomic E-state index is 0.0383. The molecule has 0 aromatic carbocycles. The normalized spacial score (nSPS) is 11.1. The van der Waals surface area contributed by atoms with Gasteiger partial charge in [-0.05, 0) is 20.8 Å². The molecule has 1 rings (SSSR count). The first-order chi connectivity index (χ1) is 6.96. The first kappa shape index (κ1) is 11.9. The Bertz CT molecular complexity index is 338. The largest absolute Gasteiger partial charge is 0.329 e. The molecule has 0 saturated heterocycles. The molecule has 0 atom stereocenters. The van der Waals surface area contributed by atoms with Crippen molar-refractivity contribution in [3.63, 3.8) is 0 Å². The van der Waals surface area contributed by atoms with Crippen molar-refractivity contribution in [2.45, 2.75) is 26.3 Å². The third kappa shape index (κ3) is 2.89. The highest BCUT2D eigenvalue weighted by Crippen LogP contribution is 2.17. The fourth-order valence-electron chi connectivity index (χ4n) is 1.25. The first-order valence-corrected chi connectivity index (χ1v) is 5.72. The average Bonchev–Trinajstić information content (AvgIpc) is 2.63. The maximum absolute atomic E-state index is 12.1. The Labute approximate surface area is 94.4 Å². The van der Waals surface area contributed by atoms with Gasteiger partial charge in [0.2, 0.25) is 0 Å². The predicted octanol–water partition coefficient (Wildman–Crippen LogP) is 2.57. The molecule has 0 bridgehead atoms. The molecule has 1 aromatic heterocycles. The number of hydrogen-bond acceptors (Lipinski definition) is 3. The van der Waals surface area contributed by atoms with Crippen molar-refractivity contribution in [2.24, 2.45) is 0 Å². The van der Waals surface area contributed by atoms with Gasteiger partial charge in [-0.1, -0.05) is 6.08 Å². The van der Waals surface area contributed by atoms with E-state index in [0.29, 0.717) is 12.2 Å². The van der Waals surface area contributed by atoms with E-state index < -0.39 is 0 Å². The molecule has 0 N–H and O–H groups in total. The molecule has 1 amide bonds. The van der Waals surface area contributed by atoms with Gasteiger partial charge in [-0.3, -0.25) is 4.79 Å². The van der Waals surface area contributed by atoms with Crippen molar-refractivity contribution in [3.8, 4) is 0 Å². The van der Waals surface area contributed by atoms with Crippen LogP contribution in [0, 0.1) is 0 Å². The van der Waals surface area contributed by atoms with Crippen molar-refractivity contribution in [1.29, 1.82) is 0 Å². The van der Waals surface area contributed by atoms with Crippen LogP contribution < -0.4 is 0 Å². The molecule has 4 heteroatoms. The van der Waals surface area contributed by atoms with Crippen molar-refractivity contribution in [2.75, 3.05) is 6.54 Å². The number of aromatic nitrogens is 1. The monoisotopic (exact) mass is 224 g/mol. The zero-order chi connectivity index (χ0) is 11.5. The van der Waals surface area contributed by atoms with E-state index in [1.54, 1.807) is 21.9 Å². The third-order valence-corrected chi connectivity index (χ3v) is 2.60. The van der Waals surface area contributed by atoms with Crippen molar-refractivity contribution in [1.82, 2.24) is 9.88 Å². The lowest BCUT2D eigenvalue weighted by Gasteiger charge is -2.34. The lowest BCUT2D eigenvalue weighted by molar-refractivity contribution is 0.0611. The molecule has 82 valence electrons. The molecular formula is C11H16N2OS. The SMILES string of the molecule is C=CCN(C(=O)c1cscn1)C(C)(C)C. The Balaban J connectivity index is 2.91. The maximum Gasteiger partial charge on any atom is 0.274 e. The van der Waals surface area contributed by atoms with E-state index in [0.717, 1.165) is 0 Å². The lowest BCUT2D eigenvalue weighted by atomic mass is 10.1. The second-order valence-electron chi connectivity index (χ2n) is 4.25. The molecule has 1 aromatic rings. The van der Waals surface area contributed by atoms with E-state index in [9.17, 15) is 4.79 Å². The second kappa shape index (κ2) is 4.57. The summed E-state index contributed by atoms with van der Waals surface area (Å²) in [5, 5.41) is 1.77. The lowest BCUT2D eigenvalue weighted by Crippen LogP contribution is -2.45. The van der Waals surface area contributed by atoms with Gasteiger partial charge in [0.1, 0.15) is 5.69 Å². The van der Waals surface area contributed by atoms with E-state index in [4.69, 9.17) is 0 Å². The standard InChI is InChI=1S/C11H16N2OS/c1-5-6-13(11(2,3)4)10(14)9-7-15-8-12-9/h5,7-8H,1,6H2,2-4H3. The summed E-state index contributed by atoms with van der Waals surface area (Å²) in [6, 6.07) is 0. The molecular weight excluding hydrogens is 208 g/mol. The van der Waals surface area contributed by atoms with Gasteiger partial charge in [0.15, 0.2) is 0 Å². The van der Waals surface area contributed by atoms with Gasteiger partial charge in [0.05, 0.1) is 5.51 Å². The molecule has 0 aliphatic heterocycles. The van der Waals surface area contributed by atoms with Crippen LogP contribution in [0.5, 0.6) is 0 Å². The molecule has 15 heavy (non-hydrogen) atoms. The third-order valence-electron chi connectivity index (χ3n) is 2.02. The maximum atomic E-state index is 12.1. The molecule has 3 nitrogen and oxygen atoms in total. The van der Waals surface area contributed by atoms with Gasteiger partial charge in [-0.25, -0.2) is 4.98 Å². The van der Waals surface area contributed by atoms with Crippen LogP contribution in [0.3, 0.4) is 0 Å². The van der Waals surface area contributed by atoms with Crippen LogP contribution in [0.2, 0.25) is 0 Å². The van der Waals surface area contributed by atoms with Gasteiger partial charge in [0.25, 0.3) is 5.91 Å². The van der Waals surface area contributed by atoms with Crippen LogP contribution in [0.1, 0.15) is 31.3 Å². The van der Waals surface area contributed by atoms with E-state index in [1.807, 2.05) is 20.8 Å². The molecule has 0 spiro atoms. The van der Waals surface area contributed by atoms with E-state index in [-0.39, 0.29) is 11.4 Å². The average molecular weight is 224 g/mol. The summed E-state index contributed by atoms with van der Waals surface area (Å²) in [6.07, 6.45) is 1.73. The molecule has 0 fully saturated rings. The van der Waals surface area contributed by atoms with Crippen molar-refractivity contribution >= 4 is 17.2 Å². The molecule has 0 radical (unpaired) electrons. The minimum Gasteiger partial charge on any atom is -0.329 e. The molecule has 0 aliphatic rings. The summed E-state index contributed by atoms with van der Waals surface area (Å²) in [6.45, 7) is 10.2. The van der Waals surface area contributed by atoms with E-state index in [1.165, 1.54) is 11.3 Å². The summed E-state index contributed by atoms with van der Waals surface area (Å²) in [7, 11) is 0. The van der Waals surface area contributed by atoms with E-state index in [2.05, 4.69) is 11.6 Å². The Kier molecular flexibility index (Phi) is 3.63. The smallest absolute Gasteiger partial charge is 0.274 e. The van der Waals surface area contributed by atoms with Gasteiger partial charge < -0.3 is 4.90 Å². The van der Waals surface area contributed by atoms with Gasteiger partial charge in [-0.15, -0.1) is 17.9 Å². The Morgan fingerprint density at radius 2 is 2.33 bits per heavy atom. The topological polar surface area (TPSA) is 33.2 Å². The quantitative estimate of drug-likeness (QED) is 0.739. The van der Waals surface area contributed by atoms with Crippen LogP contribution in [-0.2, 0) is 0 Å². The number of amides is 1. The van der Waals surface area contributed by atoms with Crippen LogP contribution in [0.25, 0.3) is 0 Å². The number of nitrogens with zero attached hydrogens (tertiary/aromatic N) is 2.